The number of carbonyl (C=O) groups excluding carboxylic acids is 1. The number of benzene rings is 4. The monoisotopic (exact) mass is 505 g/mol. The average molecular weight is 506 g/mol. The summed E-state index contributed by atoms with van der Waals surface area (Å²) in [6.45, 7) is 1.89. The van der Waals surface area contributed by atoms with Crippen LogP contribution in [-0.4, -0.2) is 19.1 Å². The van der Waals surface area contributed by atoms with Gasteiger partial charge in [0.2, 0.25) is 5.91 Å². The second-order valence-corrected chi connectivity index (χ2v) is 9.78. The highest BCUT2D eigenvalue weighted by Gasteiger charge is 2.48. The molecular weight excluding hydrogens is 470 g/mol. The van der Waals surface area contributed by atoms with Crippen molar-refractivity contribution in [3.8, 4) is 5.75 Å². The van der Waals surface area contributed by atoms with Crippen molar-refractivity contribution >= 4 is 11.6 Å². The Morgan fingerprint density at radius 3 is 1.97 bits per heavy atom. The van der Waals surface area contributed by atoms with E-state index in [9.17, 15) is 4.79 Å². The molecule has 1 amide bonds. The van der Waals surface area contributed by atoms with E-state index in [2.05, 4.69) is 48.5 Å². The molecular formula is C34H35NO3. The van der Waals surface area contributed by atoms with Crippen molar-refractivity contribution in [3.63, 3.8) is 0 Å². The molecule has 0 aliphatic carbocycles. The number of amides is 1. The van der Waals surface area contributed by atoms with Crippen LogP contribution in [0.15, 0.2) is 115 Å². The lowest BCUT2D eigenvalue weighted by atomic mass is 9.78. The molecule has 0 N–H and O–H groups in total. The molecule has 4 nitrogen and oxygen atoms in total. The van der Waals surface area contributed by atoms with Gasteiger partial charge in [-0.1, -0.05) is 91.0 Å². The molecule has 4 heteroatoms. The van der Waals surface area contributed by atoms with Gasteiger partial charge >= 0.3 is 0 Å². The molecule has 0 aromatic heterocycles. The quantitative estimate of drug-likeness (QED) is 0.140. The number of hydrogen-bond acceptors (Lipinski definition) is 3. The van der Waals surface area contributed by atoms with E-state index in [1.807, 2.05) is 71.6 Å². The second kappa shape index (κ2) is 13.1. The Bertz CT molecular complexity index is 1260. The van der Waals surface area contributed by atoms with Gasteiger partial charge in [-0.05, 0) is 60.2 Å². The Hall–Kier alpha value is -3.89. The minimum absolute atomic E-state index is 0.00699. The highest BCUT2D eigenvalue weighted by Crippen LogP contribution is 2.45. The summed E-state index contributed by atoms with van der Waals surface area (Å²) in [6, 6.07) is 39.0. The maximum absolute atomic E-state index is 13.3. The Labute approximate surface area is 225 Å². The third-order valence-corrected chi connectivity index (χ3v) is 7.11. The first kappa shape index (κ1) is 25.7. The fraction of sp³-hybridized carbons (Fsp3) is 0.265. The number of aryl methyl sites for hydroxylation is 1. The van der Waals surface area contributed by atoms with E-state index in [-0.39, 0.29) is 17.9 Å². The molecule has 1 aliphatic rings. The zero-order valence-electron chi connectivity index (χ0n) is 21.7. The minimum atomic E-state index is -0.00699. The van der Waals surface area contributed by atoms with Gasteiger partial charge in [0, 0.05) is 12.1 Å². The van der Waals surface area contributed by atoms with E-state index >= 15 is 0 Å². The molecule has 0 radical (unpaired) electrons. The number of hydrogen-bond donors (Lipinski definition) is 0. The normalized spacial score (nSPS) is 16.7. The molecule has 38 heavy (non-hydrogen) atoms. The first-order chi connectivity index (χ1) is 18.8. The molecule has 4 aromatic rings. The molecule has 0 unspecified atom stereocenters. The highest BCUT2D eigenvalue weighted by atomic mass is 16.5. The maximum Gasteiger partial charge on any atom is 0.233 e. The predicted molar refractivity (Wildman–Crippen MR) is 152 cm³/mol. The molecule has 1 aliphatic heterocycles. The Morgan fingerprint density at radius 2 is 1.29 bits per heavy atom. The van der Waals surface area contributed by atoms with Crippen molar-refractivity contribution in [2.24, 2.45) is 5.92 Å². The fourth-order valence-electron chi connectivity index (χ4n) is 5.14. The smallest absolute Gasteiger partial charge is 0.233 e. The van der Waals surface area contributed by atoms with Gasteiger partial charge in [0.05, 0.1) is 31.8 Å². The first-order valence-corrected chi connectivity index (χ1v) is 13.6. The molecule has 0 bridgehead atoms. The van der Waals surface area contributed by atoms with Crippen LogP contribution in [-0.2, 0) is 22.6 Å². The number of nitrogens with zero attached hydrogens (tertiary/aromatic N) is 1. The zero-order valence-corrected chi connectivity index (χ0v) is 21.7. The van der Waals surface area contributed by atoms with Gasteiger partial charge in [-0.25, -0.2) is 0 Å². The summed E-state index contributed by atoms with van der Waals surface area (Å²) < 4.78 is 11.7. The van der Waals surface area contributed by atoms with Crippen molar-refractivity contribution in [3.05, 3.63) is 132 Å². The summed E-state index contributed by atoms with van der Waals surface area (Å²) in [4.78, 5) is 15.2. The van der Waals surface area contributed by atoms with E-state index in [0.717, 1.165) is 42.7 Å². The van der Waals surface area contributed by atoms with Crippen molar-refractivity contribution in [2.75, 3.05) is 18.1 Å². The molecule has 2 atom stereocenters. The Kier molecular flexibility index (Phi) is 8.85. The van der Waals surface area contributed by atoms with E-state index in [0.29, 0.717) is 19.8 Å². The van der Waals surface area contributed by atoms with Crippen LogP contribution in [0.2, 0.25) is 0 Å². The largest absolute Gasteiger partial charge is 0.494 e. The number of para-hydroxylation sites is 1. The van der Waals surface area contributed by atoms with Crippen LogP contribution < -0.4 is 9.64 Å². The molecule has 0 spiro atoms. The standard InChI is InChI=1S/C34H35NO3/c36-34-32(19-10-16-27-12-4-1-5-13-27)33(35(34)30-17-8-3-9-18-30)29-20-22-31(23-21-29)38-25-11-24-37-26-28-14-6-2-7-15-28/h1-9,12-15,17-18,20-23,32-33H,10-11,16,19,24-26H2/t32-,33-/m1/s1. The van der Waals surface area contributed by atoms with Crippen LogP contribution in [0, 0.1) is 5.92 Å². The Morgan fingerprint density at radius 1 is 0.658 bits per heavy atom. The van der Waals surface area contributed by atoms with E-state index in [4.69, 9.17) is 9.47 Å². The average Bonchev–Trinajstić information content (AvgIpc) is 2.97. The Balaban J connectivity index is 1.16. The third kappa shape index (κ3) is 6.51. The first-order valence-electron chi connectivity index (χ1n) is 13.6. The molecule has 4 aromatic carbocycles. The number of β-lactam (4-membered cyclic amide) rings is 1. The van der Waals surface area contributed by atoms with E-state index in [1.54, 1.807) is 0 Å². The summed E-state index contributed by atoms with van der Waals surface area (Å²) in [5.74, 6) is 1.05. The van der Waals surface area contributed by atoms with Gasteiger partial charge in [-0.15, -0.1) is 0 Å². The maximum atomic E-state index is 13.3. The summed E-state index contributed by atoms with van der Waals surface area (Å²) in [7, 11) is 0. The van der Waals surface area contributed by atoms with Crippen LogP contribution >= 0.6 is 0 Å². The highest BCUT2D eigenvalue weighted by molar-refractivity contribution is 6.03. The second-order valence-electron chi connectivity index (χ2n) is 9.78. The lowest BCUT2D eigenvalue weighted by molar-refractivity contribution is -0.130. The van der Waals surface area contributed by atoms with Gasteiger partial charge in [-0.2, -0.15) is 0 Å². The fourth-order valence-corrected chi connectivity index (χ4v) is 5.14. The van der Waals surface area contributed by atoms with Crippen LogP contribution in [0.5, 0.6) is 5.75 Å². The third-order valence-electron chi connectivity index (χ3n) is 7.11. The molecule has 1 saturated heterocycles. The summed E-state index contributed by atoms with van der Waals surface area (Å²) in [6.07, 6.45) is 3.69. The number of anilines is 1. The van der Waals surface area contributed by atoms with Gasteiger partial charge < -0.3 is 14.4 Å². The predicted octanol–water partition coefficient (Wildman–Crippen LogP) is 7.40. The topological polar surface area (TPSA) is 38.8 Å². The molecule has 5 rings (SSSR count). The minimum Gasteiger partial charge on any atom is -0.494 e. The van der Waals surface area contributed by atoms with Gasteiger partial charge in [0.1, 0.15) is 5.75 Å². The van der Waals surface area contributed by atoms with Crippen molar-refractivity contribution in [1.29, 1.82) is 0 Å². The molecule has 194 valence electrons. The van der Waals surface area contributed by atoms with Crippen molar-refractivity contribution < 1.29 is 14.3 Å². The van der Waals surface area contributed by atoms with Crippen LogP contribution in [0.25, 0.3) is 0 Å². The van der Waals surface area contributed by atoms with Crippen LogP contribution in [0.3, 0.4) is 0 Å². The summed E-state index contributed by atoms with van der Waals surface area (Å²) in [5, 5.41) is 0. The SMILES string of the molecule is O=C1[C@H](CCCc2ccccc2)[C@@H](c2ccc(OCCCOCc3ccccc3)cc2)N1c1ccccc1. The lowest BCUT2D eigenvalue weighted by Crippen LogP contribution is -2.55. The number of rotatable bonds is 13. The van der Waals surface area contributed by atoms with Crippen molar-refractivity contribution in [2.45, 2.75) is 38.3 Å². The molecule has 1 fully saturated rings. The van der Waals surface area contributed by atoms with Crippen LogP contribution in [0.1, 0.15) is 42.0 Å². The molecule has 0 saturated carbocycles. The van der Waals surface area contributed by atoms with Crippen LogP contribution in [0.4, 0.5) is 5.69 Å². The van der Waals surface area contributed by atoms with Gasteiger partial charge in [0.15, 0.2) is 0 Å². The summed E-state index contributed by atoms with van der Waals surface area (Å²) >= 11 is 0. The number of carbonyl (C=O) groups is 1. The number of ether oxygens (including phenoxy) is 2. The van der Waals surface area contributed by atoms with Crippen molar-refractivity contribution in [1.82, 2.24) is 0 Å². The zero-order chi connectivity index (χ0) is 26.0. The van der Waals surface area contributed by atoms with Gasteiger partial charge in [-0.3, -0.25) is 4.79 Å². The van der Waals surface area contributed by atoms with E-state index < -0.39 is 0 Å². The molecule has 1 heterocycles. The van der Waals surface area contributed by atoms with Gasteiger partial charge in [0.25, 0.3) is 0 Å². The summed E-state index contributed by atoms with van der Waals surface area (Å²) in [5.41, 5.74) is 4.61. The van der Waals surface area contributed by atoms with E-state index in [1.165, 1.54) is 11.1 Å². The lowest BCUT2D eigenvalue weighted by Gasteiger charge is -2.47.